The van der Waals surface area contributed by atoms with Gasteiger partial charge in [-0.05, 0) is 57.1 Å². The van der Waals surface area contributed by atoms with Gasteiger partial charge in [0.05, 0.1) is 23.3 Å². The van der Waals surface area contributed by atoms with Crippen molar-refractivity contribution in [3.05, 3.63) is 47.3 Å². The zero-order valence-corrected chi connectivity index (χ0v) is 18.5. The van der Waals surface area contributed by atoms with Crippen molar-refractivity contribution in [3.63, 3.8) is 0 Å². The molecule has 0 bridgehead atoms. The molecular formula is C23H25FN8O2. The molecule has 3 aliphatic rings. The van der Waals surface area contributed by atoms with Gasteiger partial charge in [-0.1, -0.05) is 0 Å². The largest absolute Gasteiger partial charge is 0.384 e. The molecule has 2 aliphatic carbocycles. The molecule has 1 atom stereocenters. The summed E-state index contributed by atoms with van der Waals surface area (Å²) in [6, 6.07) is 4.09. The predicted molar refractivity (Wildman–Crippen MR) is 122 cm³/mol. The number of aryl methyl sites for hydroxylation is 1. The molecule has 2 fully saturated rings. The maximum absolute atomic E-state index is 13.1. The first-order valence-corrected chi connectivity index (χ1v) is 11.6. The van der Waals surface area contributed by atoms with Crippen LogP contribution in [0, 0.1) is 5.95 Å². The Hall–Kier alpha value is -3.60. The number of carbonyl (C=O) groups excluding carboxylic acids is 1. The minimum absolute atomic E-state index is 0.195. The number of nitrogens with zero attached hydrogens (tertiary/aromatic N) is 5. The number of pyridine rings is 1. The van der Waals surface area contributed by atoms with Gasteiger partial charge < -0.3 is 20.6 Å². The summed E-state index contributed by atoms with van der Waals surface area (Å²) in [5.74, 6) is 0.997. The lowest BCUT2D eigenvalue weighted by Gasteiger charge is -2.25. The number of hydrogen-bond acceptors (Lipinski definition) is 8. The number of aromatic amines is 1. The van der Waals surface area contributed by atoms with Crippen LogP contribution in [0.15, 0.2) is 24.4 Å². The summed E-state index contributed by atoms with van der Waals surface area (Å²) in [7, 11) is 0. The average molecular weight is 465 g/mol. The fourth-order valence-corrected chi connectivity index (χ4v) is 4.74. The molecule has 34 heavy (non-hydrogen) atoms. The molecule has 10 nitrogen and oxygen atoms in total. The number of carbonyl (C=O) groups is 1. The molecule has 1 aliphatic heterocycles. The molecule has 6 rings (SSSR count). The van der Waals surface area contributed by atoms with Crippen LogP contribution in [0.2, 0.25) is 0 Å². The Labute approximate surface area is 195 Å². The Kier molecular flexibility index (Phi) is 4.94. The third kappa shape index (κ3) is 3.85. The van der Waals surface area contributed by atoms with Crippen molar-refractivity contribution in [2.45, 2.75) is 56.6 Å². The van der Waals surface area contributed by atoms with Gasteiger partial charge in [-0.3, -0.25) is 9.89 Å². The SMILES string of the molecule is O=C(Nc1ccc(F)nc1)C1CCCN1c1nc2c(c(Nc3cc(C4(O)CC4)[nH]n3)n1)CCC2. The van der Waals surface area contributed by atoms with Crippen LogP contribution in [-0.4, -0.2) is 48.7 Å². The third-order valence-corrected chi connectivity index (χ3v) is 6.78. The average Bonchev–Trinajstić information content (AvgIpc) is 3.29. The van der Waals surface area contributed by atoms with Crippen LogP contribution in [0.3, 0.4) is 0 Å². The van der Waals surface area contributed by atoms with Gasteiger partial charge in [-0.25, -0.2) is 9.97 Å². The molecule has 3 aromatic rings. The van der Waals surface area contributed by atoms with Gasteiger partial charge in [0.25, 0.3) is 0 Å². The van der Waals surface area contributed by atoms with Crippen molar-refractivity contribution in [3.8, 4) is 0 Å². The van der Waals surface area contributed by atoms with Gasteiger partial charge in [0.1, 0.15) is 17.5 Å². The van der Waals surface area contributed by atoms with Crippen molar-refractivity contribution >= 4 is 29.2 Å². The van der Waals surface area contributed by atoms with Crippen molar-refractivity contribution in [1.82, 2.24) is 25.1 Å². The third-order valence-electron chi connectivity index (χ3n) is 6.78. The lowest BCUT2D eigenvalue weighted by molar-refractivity contribution is -0.117. The highest BCUT2D eigenvalue weighted by molar-refractivity contribution is 5.96. The van der Waals surface area contributed by atoms with E-state index in [0.717, 1.165) is 49.8 Å². The molecule has 1 saturated heterocycles. The Morgan fingerprint density at radius 1 is 1.24 bits per heavy atom. The number of amides is 1. The van der Waals surface area contributed by atoms with E-state index >= 15 is 0 Å². The number of halogens is 1. The highest BCUT2D eigenvalue weighted by Gasteiger charge is 2.44. The van der Waals surface area contributed by atoms with E-state index in [1.54, 1.807) is 0 Å². The van der Waals surface area contributed by atoms with Gasteiger partial charge in [-0.2, -0.15) is 14.5 Å². The molecule has 4 heterocycles. The van der Waals surface area contributed by atoms with E-state index in [4.69, 9.17) is 9.97 Å². The van der Waals surface area contributed by atoms with Gasteiger partial charge in [0.15, 0.2) is 5.82 Å². The first-order valence-electron chi connectivity index (χ1n) is 11.6. The number of rotatable bonds is 6. The topological polar surface area (TPSA) is 132 Å². The lowest BCUT2D eigenvalue weighted by Crippen LogP contribution is -2.40. The van der Waals surface area contributed by atoms with Crippen LogP contribution >= 0.6 is 0 Å². The van der Waals surface area contributed by atoms with Crippen LogP contribution in [0.5, 0.6) is 0 Å². The van der Waals surface area contributed by atoms with Gasteiger partial charge in [0, 0.05) is 18.2 Å². The number of aliphatic hydroxyl groups is 1. The second-order valence-corrected chi connectivity index (χ2v) is 9.18. The molecule has 1 unspecified atom stereocenters. The van der Waals surface area contributed by atoms with E-state index in [0.29, 0.717) is 41.9 Å². The zero-order chi connectivity index (χ0) is 23.3. The van der Waals surface area contributed by atoms with E-state index in [1.807, 2.05) is 11.0 Å². The van der Waals surface area contributed by atoms with E-state index in [2.05, 4.69) is 25.8 Å². The smallest absolute Gasteiger partial charge is 0.247 e. The van der Waals surface area contributed by atoms with Crippen molar-refractivity contribution in [2.75, 3.05) is 22.1 Å². The number of fused-ring (bicyclic) bond motifs is 1. The Morgan fingerprint density at radius 2 is 2.12 bits per heavy atom. The van der Waals surface area contributed by atoms with Crippen LogP contribution in [0.1, 0.15) is 49.1 Å². The molecule has 176 valence electrons. The lowest BCUT2D eigenvalue weighted by atomic mass is 10.2. The fraction of sp³-hybridized carbons (Fsp3) is 0.435. The number of hydrogen-bond donors (Lipinski definition) is 4. The summed E-state index contributed by atoms with van der Waals surface area (Å²) in [5, 5.41) is 23.7. The number of nitrogens with one attached hydrogen (secondary N) is 3. The summed E-state index contributed by atoms with van der Waals surface area (Å²) in [4.78, 5) is 28.2. The zero-order valence-electron chi connectivity index (χ0n) is 18.5. The summed E-state index contributed by atoms with van der Waals surface area (Å²) in [5.41, 5.74) is 2.41. The van der Waals surface area contributed by atoms with Gasteiger partial charge >= 0.3 is 0 Å². The minimum Gasteiger partial charge on any atom is -0.384 e. The van der Waals surface area contributed by atoms with Crippen LogP contribution < -0.4 is 15.5 Å². The fourth-order valence-electron chi connectivity index (χ4n) is 4.74. The maximum Gasteiger partial charge on any atom is 0.247 e. The molecule has 1 amide bonds. The minimum atomic E-state index is -0.790. The van der Waals surface area contributed by atoms with E-state index < -0.39 is 17.6 Å². The first kappa shape index (κ1) is 21.0. The van der Waals surface area contributed by atoms with E-state index in [9.17, 15) is 14.3 Å². The Balaban J connectivity index is 1.25. The predicted octanol–water partition coefficient (Wildman–Crippen LogP) is 2.56. The second kappa shape index (κ2) is 8.01. The second-order valence-electron chi connectivity index (χ2n) is 9.18. The Morgan fingerprint density at radius 3 is 2.91 bits per heavy atom. The molecular weight excluding hydrogens is 439 g/mol. The number of aromatic nitrogens is 5. The molecule has 0 radical (unpaired) electrons. The summed E-state index contributed by atoms with van der Waals surface area (Å²) in [6.07, 6.45) is 7.00. The van der Waals surface area contributed by atoms with Gasteiger partial charge in [-0.15, -0.1) is 0 Å². The molecule has 1 saturated carbocycles. The summed E-state index contributed by atoms with van der Waals surface area (Å²) >= 11 is 0. The highest BCUT2D eigenvalue weighted by Crippen LogP contribution is 2.45. The van der Waals surface area contributed by atoms with Crippen molar-refractivity contribution in [2.24, 2.45) is 0 Å². The number of anilines is 4. The summed E-state index contributed by atoms with van der Waals surface area (Å²) < 4.78 is 13.1. The van der Waals surface area contributed by atoms with Crippen LogP contribution in [0.25, 0.3) is 0 Å². The standard InChI is InChI=1S/C23H25FN8O2/c24-18-7-6-13(12-25-18)26-21(33)16-5-2-10-32(16)22-27-15-4-1-3-14(15)20(29-22)28-19-11-17(30-31-19)23(34)8-9-23/h6-7,11-12,16,34H,1-5,8-10H2,(H,26,33)(H2,27,28,29,30,31). The molecule has 3 aromatic heterocycles. The maximum atomic E-state index is 13.1. The van der Waals surface area contributed by atoms with E-state index in [-0.39, 0.29) is 5.91 Å². The number of H-pyrrole nitrogens is 1. The highest BCUT2D eigenvalue weighted by atomic mass is 19.1. The van der Waals surface area contributed by atoms with Gasteiger partial charge in [0.2, 0.25) is 17.8 Å². The van der Waals surface area contributed by atoms with Crippen molar-refractivity contribution in [1.29, 1.82) is 0 Å². The molecule has 0 spiro atoms. The summed E-state index contributed by atoms with van der Waals surface area (Å²) in [6.45, 7) is 0.664. The monoisotopic (exact) mass is 464 g/mol. The Bertz CT molecular complexity index is 1240. The quantitative estimate of drug-likeness (QED) is 0.409. The first-order chi connectivity index (χ1) is 16.5. The molecule has 4 N–H and O–H groups in total. The van der Waals surface area contributed by atoms with Crippen LogP contribution in [-0.2, 0) is 23.2 Å². The van der Waals surface area contributed by atoms with Crippen molar-refractivity contribution < 1.29 is 14.3 Å². The van der Waals surface area contributed by atoms with E-state index in [1.165, 1.54) is 18.3 Å². The molecule has 0 aromatic carbocycles. The molecule has 11 heteroatoms. The normalized spacial score (nSPS) is 20.3. The van der Waals surface area contributed by atoms with Crippen LogP contribution in [0.4, 0.5) is 27.7 Å².